The lowest BCUT2D eigenvalue weighted by Crippen LogP contribution is -2.56. The lowest BCUT2D eigenvalue weighted by molar-refractivity contribution is 0.0861. The molecule has 1 aromatic heterocycles. The summed E-state index contributed by atoms with van der Waals surface area (Å²) in [6.45, 7) is 0.658. The van der Waals surface area contributed by atoms with Crippen LogP contribution in [-0.4, -0.2) is 73.4 Å². The fourth-order valence-corrected chi connectivity index (χ4v) is 6.45. The molecule has 0 bridgehead atoms. The van der Waals surface area contributed by atoms with Crippen molar-refractivity contribution in [2.45, 2.75) is 24.3 Å². The number of benzene rings is 2. The monoisotopic (exact) mass is 516 g/mol. The molecule has 2 aliphatic rings. The van der Waals surface area contributed by atoms with E-state index >= 15 is 0 Å². The molecule has 2 aromatic carbocycles. The van der Waals surface area contributed by atoms with Crippen molar-refractivity contribution in [3.8, 4) is 5.75 Å². The Bertz CT molecular complexity index is 1400. The fourth-order valence-electron chi connectivity index (χ4n) is 5.60. The number of hydrogen-bond donors (Lipinski definition) is 3. The number of halogens is 1. The minimum Gasteiger partial charge on any atom is -0.497 e. The number of nitrogens with one attached hydrogen (secondary N) is 2. The molecular weight excluding hydrogens is 487 g/mol. The van der Waals surface area contributed by atoms with Gasteiger partial charge in [0.2, 0.25) is 10.0 Å². The summed E-state index contributed by atoms with van der Waals surface area (Å²) in [5.74, 6) is 0.266. The van der Waals surface area contributed by atoms with E-state index in [1.807, 2.05) is 18.2 Å². The van der Waals surface area contributed by atoms with Crippen molar-refractivity contribution in [3.63, 3.8) is 0 Å². The van der Waals surface area contributed by atoms with Gasteiger partial charge in [-0.15, -0.1) is 0 Å². The molecule has 1 spiro atoms. The van der Waals surface area contributed by atoms with Crippen LogP contribution in [0.5, 0.6) is 5.75 Å². The number of H-pyrrole nitrogens is 1. The highest BCUT2D eigenvalue weighted by Crippen LogP contribution is 2.49. The number of nitrogens with zero attached hydrogens (tertiary/aromatic N) is 2. The first-order chi connectivity index (χ1) is 17.1. The van der Waals surface area contributed by atoms with Gasteiger partial charge in [0.25, 0.3) is 0 Å². The number of rotatable bonds is 4. The summed E-state index contributed by atoms with van der Waals surface area (Å²) in [5.41, 5.74) is 2.48. The Hall–Kier alpha value is -3.15. The fraction of sp³-hybridized carbons (Fsp3) is 0.400. The van der Waals surface area contributed by atoms with Gasteiger partial charge in [-0.2, -0.15) is 0 Å². The van der Waals surface area contributed by atoms with Gasteiger partial charge in [0, 0.05) is 53.4 Å². The van der Waals surface area contributed by atoms with E-state index in [9.17, 15) is 22.7 Å². The first-order valence-electron chi connectivity index (χ1n) is 11.7. The third-order valence-corrected chi connectivity index (χ3v) is 8.73. The molecule has 2 amide bonds. The molecule has 1 atom stereocenters. The van der Waals surface area contributed by atoms with Crippen LogP contribution < -0.4 is 10.1 Å². The topological polar surface area (TPSA) is 115 Å². The van der Waals surface area contributed by atoms with Crippen LogP contribution in [0.25, 0.3) is 10.9 Å². The Morgan fingerprint density at radius 3 is 2.53 bits per heavy atom. The molecule has 36 heavy (non-hydrogen) atoms. The average Bonchev–Trinajstić information content (AvgIpc) is 3.24. The van der Waals surface area contributed by atoms with Crippen molar-refractivity contribution >= 4 is 32.6 Å². The molecule has 0 radical (unpaired) electrons. The molecule has 5 rings (SSSR count). The van der Waals surface area contributed by atoms with Crippen LogP contribution in [0.4, 0.5) is 14.9 Å². The zero-order valence-electron chi connectivity index (χ0n) is 20.1. The van der Waals surface area contributed by atoms with Crippen LogP contribution in [-0.2, 0) is 15.4 Å². The minimum absolute atomic E-state index is 0.300. The van der Waals surface area contributed by atoms with Crippen molar-refractivity contribution in [2.24, 2.45) is 0 Å². The average molecular weight is 517 g/mol. The molecule has 192 valence electrons. The second kappa shape index (κ2) is 9.06. The molecule has 1 saturated heterocycles. The summed E-state index contributed by atoms with van der Waals surface area (Å²) in [5, 5.41) is 14.2. The highest BCUT2D eigenvalue weighted by atomic mass is 32.2. The summed E-state index contributed by atoms with van der Waals surface area (Å²) < 4.78 is 44.6. The Labute approximate surface area is 208 Å². The number of amides is 2. The molecule has 11 heteroatoms. The van der Waals surface area contributed by atoms with Gasteiger partial charge in [0.15, 0.2) is 0 Å². The van der Waals surface area contributed by atoms with E-state index in [1.54, 1.807) is 12.0 Å². The van der Waals surface area contributed by atoms with E-state index in [1.165, 1.54) is 34.8 Å². The van der Waals surface area contributed by atoms with Crippen LogP contribution in [0.3, 0.4) is 0 Å². The van der Waals surface area contributed by atoms with Gasteiger partial charge in [-0.1, -0.05) is 0 Å². The number of sulfonamides is 1. The predicted octanol–water partition coefficient (Wildman–Crippen LogP) is 3.19. The number of carbonyl (C=O) groups is 1. The molecule has 3 heterocycles. The van der Waals surface area contributed by atoms with Crippen molar-refractivity contribution in [3.05, 3.63) is 59.5 Å². The minimum atomic E-state index is -3.34. The van der Waals surface area contributed by atoms with E-state index in [2.05, 4.69) is 10.3 Å². The maximum absolute atomic E-state index is 13.5. The van der Waals surface area contributed by atoms with E-state index in [-0.39, 0.29) is 6.61 Å². The largest absolute Gasteiger partial charge is 0.497 e. The van der Waals surface area contributed by atoms with Crippen LogP contribution in [0.2, 0.25) is 0 Å². The summed E-state index contributed by atoms with van der Waals surface area (Å²) >= 11 is 0. The first-order valence-corrected chi connectivity index (χ1v) is 13.6. The van der Waals surface area contributed by atoms with E-state index in [0.29, 0.717) is 43.9 Å². The maximum Gasteiger partial charge on any atom is 0.322 e. The van der Waals surface area contributed by atoms with Crippen LogP contribution in [0, 0.1) is 5.82 Å². The van der Waals surface area contributed by atoms with Gasteiger partial charge < -0.3 is 25.0 Å². The van der Waals surface area contributed by atoms with Crippen LogP contribution >= 0.6 is 0 Å². The Kier molecular flexibility index (Phi) is 6.17. The molecule has 0 aliphatic carbocycles. The van der Waals surface area contributed by atoms with Gasteiger partial charge in [-0.25, -0.2) is 21.9 Å². The Morgan fingerprint density at radius 2 is 1.92 bits per heavy atom. The number of anilines is 1. The number of ether oxygens (including phenoxy) is 1. The molecule has 1 fully saturated rings. The van der Waals surface area contributed by atoms with Crippen LogP contribution in [0.1, 0.15) is 30.1 Å². The number of aromatic nitrogens is 1. The number of piperidine rings is 1. The highest BCUT2D eigenvalue weighted by Gasteiger charge is 2.49. The lowest BCUT2D eigenvalue weighted by atomic mass is 9.68. The summed E-state index contributed by atoms with van der Waals surface area (Å²) in [6, 6.07) is 10.1. The van der Waals surface area contributed by atoms with Crippen molar-refractivity contribution in [1.29, 1.82) is 0 Å². The van der Waals surface area contributed by atoms with Crippen LogP contribution in [0.15, 0.2) is 42.5 Å². The number of aromatic amines is 1. The van der Waals surface area contributed by atoms with Gasteiger partial charge in [-0.3, -0.25) is 0 Å². The summed E-state index contributed by atoms with van der Waals surface area (Å²) in [6.07, 6.45) is 2.24. The van der Waals surface area contributed by atoms with Gasteiger partial charge in [0.05, 0.1) is 26.0 Å². The van der Waals surface area contributed by atoms with Gasteiger partial charge >= 0.3 is 6.03 Å². The maximum atomic E-state index is 13.5. The Balaban J connectivity index is 1.59. The van der Waals surface area contributed by atoms with Crippen molar-refractivity contribution in [1.82, 2.24) is 14.2 Å². The highest BCUT2D eigenvalue weighted by molar-refractivity contribution is 7.88. The standard InChI is InChI=1S/C25H29FN4O5S/c1-35-18-7-8-19-20(13-18)28-23-21(14-31)30(24(32)27-17-5-3-16(26)4-6-17)15-25(22(19)23)9-11-29(12-10-25)36(2,33)34/h3-8,13,21,28,31H,9-12,14-15H2,1-2H3,(H,27,32)/t21-/m1/s1. The summed E-state index contributed by atoms with van der Waals surface area (Å²) in [4.78, 5) is 18.5. The zero-order chi connectivity index (χ0) is 25.7. The predicted molar refractivity (Wildman–Crippen MR) is 134 cm³/mol. The normalized spacial score (nSPS) is 19.9. The van der Waals surface area contributed by atoms with Crippen molar-refractivity contribution in [2.75, 3.05) is 44.9 Å². The molecule has 3 N–H and O–H groups in total. The molecular formula is C25H29FN4O5S. The SMILES string of the molecule is COc1ccc2c3c([nH]c2c1)[C@@H](CO)N(C(=O)Nc1ccc(F)cc1)CC31CCN(S(C)(=O)=O)CC1. The number of hydrogen-bond acceptors (Lipinski definition) is 5. The van der Waals surface area contributed by atoms with Gasteiger partial charge in [0.1, 0.15) is 11.6 Å². The molecule has 3 aromatic rings. The number of fused-ring (bicyclic) bond motifs is 4. The third kappa shape index (κ3) is 4.21. The first kappa shape index (κ1) is 24.5. The second-order valence-electron chi connectivity index (χ2n) is 9.53. The Morgan fingerprint density at radius 1 is 1.22 bits per heavy atom. The number of carbonyl (C=O) groups excluding carboxylic acids is 1. The number of urea groups is 1. The molecule has 0 saturated carbocycles. The number of aliphatic hydroxyl groups excluding tert-OH is 1. The molecule has 2 aliphatic heterocycles. The zero-order valence-corrected chi connectivity index (χ0v) is 20.9. The lowest BCUT2D eigenvalue weighted by Gasteiger charge is -2.49. The number of methoxy groups -OCH3 is 1. The van der Waals surface area contributed by atoms with E-state index in [4.69, 9.17) is 4.74 Å². The summed E-state index contributed by atoms with van der Waals surface area (Å²) in [7, 11) is -1.75. The van der Waals surface area contributed by atoms with E-state index in [0.717, 1.165) is 22.2 Å². The van der Waals surface area contributed by atoms with E-state index < -0.39 is 33.3 Å². The number of aliphatic hydroxyl groups is 1. The third-order valence-electron chi connectivity index (χ3n) is 7.43. The van der Waals surface area contributed by atoms with Crippen molar-refractivity contribution < 1.29 is 27.4 Å². The molecule has 0 unspecified atom stereocenters. The molecule has 9 nitrogen and oxygen atoms in total. The quantitative estimate of drug-likeness (QED) is 0.493. The second-order valence-corrected chi connectivity index (χ2v) is 11.5. The van der Waals surface area contributed by atoms with Gasteiger partial charge in [-0.05, 0) is 54.8 Å². The smallest absolute Gasteiger partial charge is 0.322 e.